The molecule has 2 aliphatic rings. The van der Waals surface area contributed by atoms with E-state index in [9.17, 15) is 4.79 Å². The van der Waals surface area contributed by atoms with Crippen LogP contribution in [0.15, 0.2) is 41.9 Å². The Balaban J connectivity index is 1.22. The largest absolute Gasteiger partial charge is 0.351 e. The number of nitrogens with one attached hydrogen (secondary N) is 3. The van der Waals surface area contributed by atoms with Crippen molar-refractivity contribution in [3.05, 3.63) is 53.3 Å². The first-order valence-electron chi connectivity index (χ1n) is 11.7. The van der Waals surface area contributed by atoms with Crippen LogP contribution >= 0.6 is 11.3 Å². The van der Waals surface area contributed by atoms with E-state index in [0.29, 0.717) is 11.6 Å². The van der Waals surface area contributed by atoms with E-state index in [2.05, 4.69) is 30.7 Å². The van der Waals surface area contributed by atoms with Crippen molar-refractivity contribution in [2.75, 3.05) is 10.6 Å². The van der Waals surface area contributed by atoms with Gasteiger partial charge < -0.3 is 15.5 Å². The molecular weight excluding hydrogens is 448 g/mol. The second kappa shape index (κ2) is 8.68. The van der Waals surface area contributed by atoms with E-state index >= 15 is 0 Å². The van der Waals surface area contributed by atoms with Crippen LogP contribution in [-0.4, -0.2) is 54.1 Å². The van der Waals surface area contributed by atoms with Gasteiger partial charge in [0.2, 0.25) is 5.95 Å². The molecule has 0 spiro atoms. The number of carbonyl (C=O) groups excluding carboxylic acids is 1. The molecule has 0 saturated carbocycles. The Morgan fingerprint density at radius 2 is 2.03 bits per heavy atom. The standard InChI is InChI=1S/C24H26N8OS/c1-14-11-20(31-30-14)28-22-21-18(8-10-34-21)27-24(29-22)26-15-12-16-5-4-6-17(13-15)32(16)23(33)19-7-2-3-9-25-19/h2-3,7-11,15-17H,4-6,12-13H2,1H3,(H3,26,27,28,29,30,31)/t15?,16-,17+. The Kier molecular flexibility index (Phi) is 5.37. The molecule has 34 heavy (non-hydrogen) atoms. The molecule has 1 unspecified atom stereocenters. The number of anilines is 3. The van der Waals surface area contributed by atoms with E-state index < -0.39 is 0 Å². The number of aryl methyl sites for hydroxylation is 1. The maximum atomic E-state index is 13.2. The van der Waals surface area contributed by atoms with Gasteiger partial charge in [0.1, 0.15) is 5.69 Å². The fraction of sp³-hybridized carbons (Fsp3) is 0.375. The maximum absolute atomic E-state index is 13.2. The molecule has 1 amide bonds. The lowest BCUT2D eigenvalue weighted by molar-refractivity contribution is 0.0253. The van der Waals surface area contributed by atoms with Gasteiger partial charge in [0.25, 0.3) is 5.91 Å². The smallest absolute Gasteiger partial charge is 0.272 e. The summed E-state index contributed by atoms with van der Waals surface area (Å²) in [7, 11) is 0. The third-order valence-electron chi connectivity index (χ3n) is 6.68. The Labute approximate surface area is 201 Å². The summed E-state index contributed by atoms with van der Waals surface area (Å²) >= 11 is 1.61. The average Bonchev–Trinajstić information content (AvgIpc) is 3.47. The highest BCUT2D eigenvalue weighted by atomic mass is 32.1. The number of aromatic nitrogens is 5. The van der Waals surface area contributed by atoms with Crippen LogP contribution in [0.1, 0.15) is 48.3 Å². The lowest BCUT2D eigenvalue weighted by Crippen LogP contribution is -2.57. The molecule has 6 heterocycles. The van der Waals surface area contributed by atoms with Gasteiger partial charge in [0.05, 0.1) is 10.2 Å². The summed E-state index contributed by atoms with van der Waals surface area (Å²) in [6.07, 6.45) is 6.63. The number of thiophene rings is 1. The van der Waals surface area contributed by atoms with Gasteiger partial charge in [-0.25, -0.2) is 4.98 Å². The SMILES string of the molecule is Cc1cc(Nc2nc(NC3C[C@H]4CCC[C@@H](C3)N4C(=O)c3ccccn3)nc3ccsc23)n[nH]1. The first kappa shape index (κ1) is 21.0. The minimum absolute atomic E-state index is 0.0467. The second-order valence-electron chi connectivity index (χ2n) is 9.07. The molecule has 2 fully saturated rings. The molecule has 0 aliphatic carbocycles. The monoisotopic (exact) mass is 474 g/mol. The number of pyridine rings is 1. The molecule has 3 atom stereocenters. The lowest BCUT2D eigenvalue weighted by atomic mass is 9.81. The van der Waals surface area contributed by atoms with Crippen molar-refractivity contribution in [3.8, 4) is 0 Å². The quantitative estimate of drug-likeness (QED) is 0.390. The van der Waals surface area contributed by atoms with E-state index in [-0.39, 0.29) is 24.0 Å². The summed E-state index contributed by atoms with van der Waals surface area (Å²) in [5.74, 6) is 2.13. The summed E-state index contributed by atoms with van der Waals surface area (Å²) in [5.41, 5.74) is 2.41. The summed E-state index contributed by atoms with van der Waals surface area (Å²) in [4.78, 5) is 29.2. The Bertz CT molecular complexity index is 1310. The second-order valence-corrected chi connectivity index (χ2v) is 9.99. The van der Waals surface area contributed by atoms with Crippen LogP contribution in [0.2, 0.25) is 0 Å². The number of hydrogen-bond donors (Lipinski definition) is 3. The van der Waals surface area contributed by atoms with Crippen molar-refractivity contribution >= 4 is 45.0 Å². The average molecular weight is 475 g/mol. The highest BCUT2D eigenvalue weighted by Crippen LogP contribution is 2.36. The number of hydrogen-bond acceptors (Lipinski definition) is 8. The topological polar surface area (TPSA) is 112 Å². The normalized spacial score (nSPS) is 22.0. The zero-order chi connectivity index (χ0) is 23.1. The molecular formula is C24H26N8OS. The Hall–Kier alpha value is -3.53. The molecule has 0 radical (unpaired) electrons. The number of nitrogens with zero attached hydrogens (tertiary/aromatic N) is 5. The van der Waals surface area contributed by atoms with Gasteiger partial charge in [0.15, 0.2) is 11.6 Å². The number of aromatic amines is 1. The number of piperidine rings is 2. The van der Waals surface area contributed by atoms with Gasteiger partial charge in [-0.3, -0.25) is 14.9 Å². The minimum atomic E-state index is 0.0467. The van der Waals surface area contributed by atoms with Crippen LogP contribution in [0, 0.1) is 6.92 Å². The summed E-state index contributed by atoms with van der Waals surface area (Å²) < 4.78 is 0.999. The van der Waals surface area contributed by atoms with Crippen molar-refractivity contribution in [1.82, 2.24) is 30.0 Å². The third-order valence-corrected chi connectivity index (χ3v) is 7.59. The van der Waals surface area contributed by atoms with Crippen molar-refractivity contribution < 1.29 is 4.79 Å². The zero-order valence-corrected chi connectivity index (χ0v) is 19.7. The van der Waals surface area contributed by atoms with Gasteiger partial charge >= 0.3 is 0 Å². The molecule has 174 valence electrons. The Morgan fingerprint density at radius 1 is 1.18 bits per heavy atom. The molecule has 4 aromatic rings. The van der Waals surface area contributed by atoms with Crippen LogP contribution in [-0.2, 0) is 0 Å². The number of carbonyl (C=O) groups is 1. The van der Waals surface area contributed by atoms with Gasteiger partial charge in [-0.2, -0.15) is 10.1 Å². The first-order valence-corrected chi connectivity index (χ1v) is 12.6. The molecule has 2 saturated heterocycles. The fourth-order valence-electron chi connectivity index (χ4n) is 5.25. The van der Waals surface area contributed by atoms with Gasteiger partial charge in [-0.05, 0) is 62.6 Å². The van der Waals surface area contributed by atoms with Crippen LogP contribution < -0.4 is 10.6 Å². The molecule has 9 nitrogen and oxygen atoms in total. The summed E-state index contributed by atoms with van der Waals surface area (Å²) in [6, 6.07) is 10.1. The summed E-state index contributed by atoms with van der Waals surface area (Å²) in [6.45, 7) is 1.97. The maximum Gasteiger partial charge on any atom is 0.272 e. The minimum Gasteiger partial charge on any atom is -0.351 e. The van der Waals surface area contributed by atoms with Gasteiger partial charge in [0, 0.05) is 36.1 Å². The van der Waals surface area contributed by atoms with E-state index in [0.717, 1.165) is 59.7 Å². The predicted octanol–water partition coefficient (Wildman–Crippen LogP) is 4.50. The van der Waals surface area contributed by atoms with Gasteiger partial charge in [-0.1, -0.05) is 6.07 Å². The highest BCUT2D eigenvalue weighted by Gasteiger charge is 2.41. The number of amides is 1. The van der Waals surface area contributed by atoms with Crippen molar-refractivity contribution in [2.24, 2.45) is 0 Å². The molecule has 10 heteroatoms. The van der Waals surface area contributed by atoms with E-state index in [1.165, 1.54) is 0 Å². The Morgan fingerprint density at radius 3 is 2.76 bits per heavy atom. The van der Waals surface area contributed by atoms with Crippen molar-refractivity contribution in [1.29, 1.82) is 0 Å². The molecule has 2 bridgehead atoms. The molecule has 4 aromatic heterocycles. The molecule has 0 aromatic carbocycles. The number of H-pyrrole nitrogens is 1. The van der Waals surface area contributed by atoms with Crippen LogP contribution in [0.3, 0.4) is 0 Å². The van der Waals surface area contributed by atoms with Gasteiger partial charge in [-0.15, -0.1) is 11.3 Å². The van der Waals surface area contributed by atoms with Crippen molar-refractivity contribution in [3.63, 3.8) is 0 Å². The number of rotatable bonds is 5. The summed E-state index contributed by atoms with van der Waals surface area (Å²) in [5, 5.41) is 16.2. The van der Waals surface area contributed by atoms with Crippen LogP contribution in [0.4, 0.5) is 17.6 Å². The predicted molar refractivity (Wildman–Crippen MR) is 133 cm³/mol. The van der Waals surface area contributed by atoms with E-state index in [1.807, 2.05) is 42.6 Å². The fourth-order valence-corrected chi connectivity index (χ4v) is 6.03. The van der Waals surface area contributed by atoms with Crippen molar-refractivity contribution in [2.45, 2.75) is 57.2 Å². The first-order chi connectivity index (χ1) is 16.6. The van der Waals surface area contributed by atoms with E-state index in [4.69, 9.17) is 9.97 Å². The van der Waals surface area contributed by atoms with Crippen LogP contribution in [0.25, 0.3) is 10.2 Å². The number of fused-ring (bicyclic) bond motifs is 3. The molecule has 6 rings (SSSR count). The van der Waals surface area contributed by atoms with E-state index in [1.54, 1.807) is 17.5 Å². The van der Waals surface area contributed by atoms with Crippen LogP contribution in [0.5, 0.6) is 0 Å². The third kappa shape index (κ3) is 3.98. The molecule has 3 N–H and O–H groups in total. The highest BCUT2D eigenvalue weighted by molar-refractivity contribution is 7.17. The lowest BCUT2D eigenvalue weighted by Gasteiger charge is -2.48. The zero-order valence-electron chi connectivity index (χ0n) is 18.9. The molecule has 2 aliphatic heterocycles.